The molecule has 0 spiro atoms. The van der Waals surface area contributed by atoms with Crippen molar-refractivity contribution in [1.82, 2.24) is 19.7 Å². The van der Waals surface area contributed by atoms with Gasteiger partial charge >= 0.3 is 6.09 Å². The third-order valence-electron chi connectivity index (χ3n) is 3.12. The first-order valence-electron chi connectivity index (χ1n) is 6.75. The average Bonchev–Trinajstić information content (AvgIpc) is 2.98. The van der Waals surface area contributed by atoms with Crippen LogP contribution in [-0.2, 0) is 11.3 Å². The summed E-state index contributed by atoms with van der Waals surface area (Å²) >= 11 is 0. The monoisotopic (exact) mass is 293 g/mol. The predicted molar refractivity (Wildman–Crippen MR) is 74.3 cm³/mol. The van der Waals surface area contributed by atoms with Gasteiger partial charge in [0.2, 0.25) is 0 Å². The van der Waals surface area contributed by atoms with Gasteiger partial charge in [-0.25, -0.2) is 4.79 Å². The molecule has 0 aromatic carbocycles. The number of carbonyl (C=O) groups excluding carboxylic acids is 1. The van der Waals surface area contributed by atoms with Gasteiger partial charge in [-0.15, -0.1) is 10.2 Å². The van der Waals surface area contributed by atoms with Crippen molar-refractivity contribution in [1.29, 1.82) is 0 Å². The van der Waals surface area contributed by atoms with Gasteiger partial charge in [0.15, 0.2) is 0 Å². The second-order valence-electron chi connectivity index (χ2n) is 6.04. The van der Waals surface area contributed by atoms with E-state index >= 15 is 0 Å². The van der Waals surface area contributed by atoms with Crippen molar-refractivity contribution < 1.29 is 9.53 Å². The number of carbonyl (C=O) groups is 1. The predicted octanol–water partition coefficient (Wildman–Crippen LogP) is 1.97. The van der Waals surface area contributed by atoms with Crippen LogP contribution in [0.25, 0.3) is 10.4 Å². The number of nitrogens with zero attached hydrogens (tertiary/aromatic N) is 7. The third kappa shape index (κ3) is 4.09. The van der Waals surface area contributed by atoms with Gasteiger partial charge < -0.3 is 14.2 Å². The summed E-state index contributed by atoms with van der Waals surface area (Å²) in [5, 5.41) is 11.2. The number of rotatable bonds is 3. The molecule has 0 bridgehead atoms. The van der Waals surface area contributed by atoms with Crippen LogP contribution in [0.1, 0.15) is 27.2 Å². The highest BCUT2D eigenvalue weighted by Crippen LogP contribution is 2.24. The summed E-state index contributed by atoms with van der Waals surface area (Å²) in [6.45, 7) is 6.37. The summed E-state index contributed by atoms with van der Waals surface area (Å²) < 4.78 is 7.20. The van der Waals surface area contributed by atoms with E-state index in [1.165, 1.54) is 0 Å². The van der Waals surface area contributed by atoms with Gasteiger partial charge in [-0.2, -0.15) is 0 Å². The van der Waals surface area contributed by atoms with Crippen molar-refractivity contribution in [3.8, 4) is 0 Å². The Bertz CT molecular complexity index is 530. The minimum absolute atomic E-state index is 0.105. The molecule has 1 aromatic rings. The summed E-state index contributed by atoms with van der Waals surface area (Å²) in [5.41, 5.74) is 8.02. The number of amides is 1. The first-order valence-corrected chi connectivity index (χ1v) is 6.75. The van der Waals surface area contributed by atoms with Gasteiger partial charge in [-0.1, -0.05) is 5.11 Å². The summed E-state index contributed by atoms with van der Waals surface area (Å²) in [5.74, 6) is 0. The van der Waals surface area contributed by atoms with Crippen LogP contribution in [0.15, 0.2) is 17.8 Å². The van der Waals surface area contributed by atoms with Crippen LogP contribution in [0.4, 0.5) is 4.79 Å². The van der Waals surface area contributed by atoms with Crippen LogP contribution in [0.2, 0.25) is 0 Å². The Labute approximate surface area is 122 Å². The number of hydrogen-bond donors (Lipinski definition) is 0. The molecule has 114 valence electrons. The standard InChI is InChI=1S/C12H19N7O2/c1-12(2,3)21-11(20)19-5-9(16-17-13)4-10(19)6-18-7-14-15-8-18/h7-10H,4-6H2,1-3H3. The summed E-state index contributed by atoms with van der Waals surface area (Å²) in [6.07, 6.45) is 3.39. The van der Waals surface area contributed by atoms with Crippen molar-refractivity contribution in [2.24, 2.45) is 5.11 Å². The Morgan fingerprint density at radius 2 is 2.14 bits per heavy atom. The first kappa shape index (κ1) is 15.1. The average molecular weight is 293 g/mol. The maximum absolute atomic E-state index is 12.3. The van der Waals surface area contributed by atoms with E-state index < -0.39 is 11.7 Å². The molecular formula is C12H19N7O2. The van der Waals surface area contributed by atoms with Crippen molar-refractivity contribution >= 4 is 6.09 Å². The van der Waals surface area contributed by atoms with Crippen molar-refractivity contribution in [3.63, 3.8) is 0 Å². The zero-order valence-electron chi connectivity index (χ0n) is 12.4. The fourth-order valence-electron chi connectivity index (χ4n) is 2.33. The smallest absolute Gasteiger partial charge is 0.410 e. The Morgan fingerprint density at radius 1 is 1.48 bits per heavy atom. The molecule has 21 heavy (non-hydrogen) atoms. The van der Waals surface area contributed by atoms with Crippen LogP contribution in [-0.4, -0.2) is 50.0 Å². The molecule has 9 nitrogen and oxygen atoms in total. The van der Waals surface area contributed by atoms with Gasteiger partial charge in [0, 0.05) is 18.0 Å². The van der Waals surface area contributed by atoms with Crippen molar-refractivity contribution in [3.05, 3.63) is 23.1 Å². The van der Waals surface area contributed by atoms with Crippen LogP contribution in [0.3, 0.4) is 0 Å². The van der Waals surface area contributed by atoms with Crippen molar-refractivity contribution in [2.75, 3.05) is 6.54 Å². The Morgan fingerprint density at radius 3 is 2.71 bits per heavy atom. The second-order valence-corrected chi connectivity index (χ2v) is 6.04. The highest BCUT2D eigenvalue weighted by atomic mass is 16.6. The van der Waals surface area contributed by atoms with Crippen LogP contribution in [0.5, 0.6) is 0 Å². The lowest BCUT2D eigenvalue weighted by atomic mass is 10.2. The lowest BCUT2D eigenvalue weighted by Gasteiger charge is -2.28. The zero-order valence-corrected chi connectivity index (χ0v) is 12.4. The summed E-state index contributed by atoms with van der Waals surface area (Å²) in [7, 11) is 0. The molecule has 1 aliphatic rings. The van der Waals surface area contributed by atoms with E-state index in [1.807, 2.05) is 20.8 Å². The Kier molecular flexibility index (Phi) is 4.32. The zero-order chi connectivity index (χ0) is 15.5. The van der Waals surface area contributed by atoms with Crippen molar-refractivity contribution in [2.45, 2.75) is 51.4 Å². The number of azide groups is 1. The molecule has 0 N–H and O–H groups in total. The van der Waals surface area contributed by atoms with Crippen LogP contribution >= 0.6 is 0 Å². The maximum atomic E-state index is 12.3. The molecule has 9 heteroatoms. The molecule has 1 fully saturated rings. The molecule has 1 amide bonds. The van der Waals surface area contributed by atoms with Crippen LogP contribution in [0, 0.1) is 0 Å². The molecule has 0 radical (unpaired) electrons. The lowest BCUT2D eigenvalue weighted by Crippen LogP contribution is -2.41. The van der Waals surface area contributed by atoms with Gasteiger partial charge in [0.25, 0.3) is 0 Å². The summed E-state index contributed by atoms with van der Waals surface area (Å²) in [4.78, 5) is 16.7. The quantitative estimate of drug-likeness (QED) is 0.482. The minimum atomic E-state index is -0.561. The topological polar surface area (TPSA) is 109 Å². The van der Waals surface area contributed by atoms with E-state index in [1.54, 1.807) is 22.1 Å². The first-order chi connectivity index (χ1) is 9.89. The number of aromatic nitrogens is 3. The fourth-order valence-corrected chi connectivity index (χ4v) is 2.33. The normalized spacial score (nSPS) is 22.0. The molecule has 1 saturated heterocycles. The molecule has 1 aromatic heterocycles. The fraction of sp³-hybridized carbons (Fsp3) is 0.750. The molecule has 0 saturated carbocycles. The molecule has 2 unspecified atom stereocenters. The van der Waals surface area contributed by atoms with Gasteiger partial charge in [-0.3, -0.25) is 0 Å². The third-order valence-corrected chi connectivity index (χ3v) is 3.12. The molecule has 2 atom stereocenters. The maximum Gasteiger partial charge on any atom is 0.410 e. The largest absolute Gasteiger partial charge is 0.444 e. The molecule has 2 rings (SSSR count). The number of hydrogen-bond acceptors (Lipinski definition) is 5. The molecular weight excluding hydrogens is 274 g/mol. The van der Waals surface area contributed by atoms with E-state index in [-0.39, 0.29) is 12.1 Å². The van der Waals surface area contributed by atoms with E-state index in [9.17, 15) is 4.79 Å². The molecule has 1 aliphatic heterocycles. The second kappa shape index (κ2) is 6.01. The number of likely N-dealkylation sites (tertiary alicyclic amines) is 1. The number of ether oxygens (including phenoxy) is 1. The van der Waals surface area contributed by atoms with Crippen LogP contribution < -0.4 is 0 Å². The van der Waals surface area contributed by atoms with Gasteiger partial charge in [0.05, 0.1) is 12.1 Å². The molecule has 2 heterocycles. The van der Waals surface area contributed by atoms with E-state index in [2.05, 4.69) is 20.2 Å². The molecule has 0 aliphatic carbocycles. The highest BCUT2D eigenvalue weighted by Gasteiger charge is 2.37. The Hall–Kier alpha value is -2.28. The lowest BCUT2D eigenvalue weighted by molar-refractivity contribution is 0.0212. The highest BCUT2D eigenvalue weighted by molar-refractivity contribution is 5.69. The van der Waals surface area contributed by atoms with E-state index in [4.69, 9.17) is 10.3 Å². The summed E-state index contributed by atoms with van der Waals surface area (Å²) in [6, 6.07) is -0.338. The van der Waals surface area contributed by atoms with Gasteiger partial charge in [0.1, 0.15) is 18.3 Å². The minimum Gasteiger partial charge on any atom is -0.444 e. The van der Waals surface area contributed by atoms with Gasteiger partial charge in [-0.05, 0) is 32.7 Å². The van der Waals surface area contributed by atoms with E-state index in [0.717, 1.165) is 0 Å². The SMILES string of the molecule is CC(C)(C)OC(=O)N1CC(N=[N+]=[N-])CC1Cn1cnnc1. The Balaban J connectivity index is 2.10. The van der Waals surface area contributed by atoms with E-state index in [0.29, 0.717) is 19.5 Å².